The molecule has 0 bridgehead atoms. The summed E-state index contributed by atoms with van der Waals surface area (Å²) in [5.41, 5.74) is 1.40. The summed E-state index contributed by atoms with van der Waals surface area (Å²) in [6, 6.07) is 5.04. The fraction of sp³-hybridized carbons (Fsp3) is 0.250. The number of halogens is 3. The van der Waals surface area contributed by atoms with Crippen LogP contribution in [-0.2, 0) is 16.6 Å². The molecule has 1 aromatic heterocycles. The highest BCUT2D eigenvalue weighted by molar-refractivity contribution is 6.37. The molecular formula is C16H15Cl3N2O3. The molecule has 0 spiro atoms. The second-order valence-electron chi connectivity index (χ2n) is 4.81. The minimum Gasteiger partial charge on any atom is -0.487 e. The molecule has 0 aliphatic heterocycles. The van der Waals surface area contributed by atoms with Gasteiger partial charge in [0, 0.05) is 18.7 Å². The highest BCUT2D eigenvalue weighted by atomic mass is 35.5. The van der Waals surface area contributed by atoms with Gasteiger partial charge in [0.05, 0.1) is 15.7 Å². The van der Waals surface area contributed by atoms with Crippen LogP contribution in [0.15, 0.2) is 24.3 Å². The van der Waals surface area contributed by atoms with E-state index in [0.717, 1.165) is 5.69 Å². The van der Waals surface area contributed by atoms with Gasteiger partial charge in [-0.25, -0.2) is 4.79 Å². The van der Waals surface area contributed by atoms with Crippen LogP contribution in [0.3, 0.4) is 0 Å². The van der Waals surface area contributed by atoms with Gasteiger partial charge in [0.1, 0.15) is 18.4 Å². The van der Waals surface area contributed by atoms with Crippen molar-refractivity contribution in [3.05, 3.63) is 50.7 Å². The van der Waals surface area contributed by atoms with E-state index in [-0.39, 0.29) is 13.2 Å². The topological polar surface area (TPSA) is 53.4 Å². The Hall–Kier alpha value is -1.69. The summed E-state index contributed by atoms with van der Waals surface area (Å²) in [5.74, 6) is -0.145. The number of benzene rings is 1. The number of esters is 1. The largest absolute Gasteiger partial charge is 0.487 e. The first-order valence-corrected chi connectivity index (χ1v) is 8.14. The summed E-state index contributed by atoms with van der Waals surface area (Å²) in [6.45, 7) is 2.00. The first-order chi connectivity index (χ1) is 11.4. The summed E-state index contributed by atoms with van der Waals surface area (Å²) >= 11 is 18.0. The van der Waals surface area contributed by atoms with Crippen molar-refractivity contribution < 1.29 is 14.3 Å². The Bertz CT molecular complexity index is 752. The third-order valence-corrected chi connectivity index (χ3v) is 4.12. The first kappa shape index (κ1) is 18.6. The molecule has 128 valence electrons. The van der Waals surface area contributed by atoms with E-state index < -0.39 is 5.97 Å². The van der Waals surface area contributed by atoms with Crippen LogP contribution in [0.5, 0.6) is 5.75 Å². The standard InChI is InChI=1S/C16H15Cl3N2O3/c1-10-11(16(19)21(2)20-10)6-7-14(22)23-8-9-24-15-12(17)4-3-5-13(15)18/h3-7H,8-9H2,1-2H3/b7-6+. The zero-order valence-electron chi connectivity index (χ0n) is 13.1. The Balaban J connectivity index is 1.82. The third kappa shape index (κ3) is 4.66. The lowest BCUT2D eigenvalue weighted by Gasteiger charge is -2.09. The molecule has 0 amide bonds. The van der Waals surface area contributed by atoms with Crippen LogP contribution in [0.25, 0.3) is 6.08 Å². The van der Waals surface area contributed by atoms with Gasteiger partial charge < -0.3 is 9.47 Å². The summed E-state index contributed by atoms with van der Waals surface area (Å²) in [5, 5.41) is 5.40. The summed E-state index contributed by atoms with van der Waals surface area (Å²) < 4.78 is 12.0. The number of carbonyl (C=O) groups is 1. The molecule has 0 saturated carbocycles. The van der Waals surface area contributed by atoms with Crippen LogP contribution in [0.2, 0.25) is 15.2 Å². The Labute approximate surface area is 154 Å². The van der Waals surface area contributed by atoms with E-state index in [0.29, 0.717) is 26.5 Å². The monoisotopic (exact) mass is 388 g/mol. The zero-order valence-corrected chi connectivity index (χ0v) is 15.3. The van der Waals surface area contributed by atoms with Gasteiger partial charge in [0.25, 0.3) is 0 Å². The molecule has 0 atom stereocenters. The van der Waals surface area contributed by atoms with Gasteiger partial charge in [-0.15, -0.1) is 0 Å². The van der Waals surface area contributed by atoms with E-state index >= 15 is 0 Å². The first-order valence-electron chi connectivity index (χ1n) is 7.01. The molecule has 0 unspecified atom stereocenters. The van der Waals surface area contributed by atoms with Crippen LogP contribution in [-0.4, -0.2) is 29.0 Å². The maximum Gasteiger partial charge on any atom is 0.330 e. The Morgan fingerprint density at radius 1 is 1.25 bits per heavy atom. The van der Waals surface area contributed by atoms with Crippen molar-refractivity contribution in [3.8, 4) is 5.75 Å². The lowest BCUT2D eigenvalue weighted by molar-refractivity contribution is -0.138. The molecule has 0 aliphatic rings. The number of hydrogen-bond acceptors (Lipinski definition) is 4. The molecule has 1 aromatic carbocycles. The van der Waals surface area contributed by atoms with Crippen LogP contribution in [0.1, 0.15) is 11.3 Å². The van der Waals surface area contributed by atoms with E-state index in [2.05, 4.69) is 5.10 Å². The minimum atomic E-state index is -0.511. The molecule has 8 heteroatoms. The molecule has 24 heavy (non-hydrogen) atoms. The van der Waals surface area contributed by atoms with E-state index in [9.17, 15) is 4.79 Å². The van der Waals surface area contributed by atoms with Crippen molar-refractivity contribution in [1.29, 1.82) is 0 Å². The van der Waals surface area contributed by atoms with Crippen molar-refractivity contribution in [2.75, 3.05) is 13.2 Å². The fourth-order valence-electron chi connectivity index (χ4n) is 1.94. The predicted molar refractivity (Wildman–Crippen MR) is 94.9 cm³/mol. The smallest absolute Gasteiger partial charge is 0.330 e. The maximum absolute atomic E-state index is 11.7. The molecule has 1 heterocycles. The Kier molecular flexibility index (Phi) is 6.54. The lowest BCUT2D eigenvalue weighted by Crippen LogP contribution is -2.10. The van der Waals surface area contributed by atoms with Gasteiger partial charge in [-0.05, 0) is 25.1 Å². The molecule has 5 nitrogen and oxygen atoms in total. The number of rotatable bonds is 6. The van der Waals surface area contributed by atoms with Crippen LogP contribution in [0.4, 0.5) is 0 Å². The number of nitrogens with zero attached hydrogens (tertiary/aromatic N) is 2. The maximum atomic E-state index is 11.7. The number of aryl methyl sites for hydroxylation is 2. The van der Waals surface area contributed by atoms with Crippen LogP contribution >= 0.6 is 34.8 Å². The summed E-state index contributed by atoms with van der Waals surface area (Å²) in [6.07, 6.45) is 2.86. The Morgan fingerprint density at radius 2 is 1.92 bits per heavy atom. The van der Waals surface area contributed by atoms with E-state index in [1.807, 2.05) is 0 Å². The van der Waals surface area contributed by atoms with Crippen molar-refractivity contribution in [2.24, 2.45) is 7.05 Å². The van der Waals surface area contributed by atoms with Crippen LogP contribution in [0, 0.1) is 6.92 Å². The van der Waals surface area contributed by atoms with Gasteiger partial charge in [-0.1, -0.05) is 40.9 Å². The van der Waals surface area contributed by atoms with Gasteiger partial charge in [-0.2, -0.15) is 5.10 Å². The molecule has 0 saturated heterocycles. The second kappa shape index (κ2) is 8.42. The quantitative estimate of drug-likeness (QED) is 0.419. The Morgan fingerprint density at radius 3 is 2.50 bits per heavy atom. The van der Waals surface area contributed by atoms with Crippen molar-refractivity contribution in [3.63, 3.8) is 0 Å². The van der Waals surface area contributed by atoms with E-state index in [4.69, 9.17) is 44.3 Å². The molecule has 0 fully saturated rings. The van der Waals surface area contributed by atoms with Gasteiger partial charge in [-0.3, -0.25) is 4.68 Å². The molecule has 2 aromatic rings. The SMILES string of the molecule is Cc1nn(C)c(Cl)c1/C=C/C(=O)OCCOc1c(Cl)cccc1Cl. The summed E-state index contributed by atoms with van der Waals surface area (Å²) in [4.78, 5) is 11.7. The number of ether oxygens (including phenoxy) is 2. The molecule has 2 rings (SSSR count). The fourth-order valence-corrected chi connectivity index (χ4v) is 2.69. The normalized spacial score (nSPS) is 11.0. The second-order valence-corrected chi connectivity index (χ2v) is 5.99. The average molecular weight is 390 g/mol. The lowest BCUT2D eigenvalue weighted by atomic mass is 10.2. The highest BCUT2D eigenvalue weighted by Gasteiger charge is 2.09. The molecule has 0 N–H and O–H groups in total. The molecule has 0 aliphatic carbocycles. The minimum absolute atomic E-state index is 0.0600. The number of hydrogen-bond donors (Lipinski definition) is 0. The van der Waals surface area contributed by atoms with Gasteiger partial charge in [0.15, 0.2) is 5.75 Å². The number of para-hydroxylation sites is 1. The number of carbonyl (C=O) groups excluding carboxylic acids is 1. The summed E-state index contributed by atoms with van der Waals surface area (Å²) in [7, 11) is 1.72. The van der Waals surface area contributed by atoms with Crippen molar-refractivity contribution >= 4 is 46.8 Å². The number of aromatic nitrogens is 2. The van der Waals surface area contributed by atoms with Crippen LogP contribution < -0.4 is 4.74 Å². The van der Waals surface area contributed by atoms with E-state index in [1.54, 1.807) is 38.2 Å². The van der Waals surface area contributed by atoms with Gasteiger partial charge in [0.2, 0.25) is 0 Å². The van der Waals surface area contributed by atoms with Crippen molar-refractivity contribution in [2.45, 2.75) is 6.92 Å². The molecule has 0 radical (unpaired) electrons. The third-order valence-electron chi connectivity index (χ3n) is 3.08. The zero-order chi connectivity index (χ0) is 17.7. The average Bonchev–Trinajstić information content (AvgIpc) is 2.77. The van der Waals surface area contributed by atoms with E-state index in [1.165, 1.54) is 10.8 Å². The highest BCUT2D eigenvalue weighted by Crippen LogP contribution is 2.32. The predicted octanol–water partition coefficient (Wildman–Crippen LogP) is 4.32. The molecular weight excluding hydrogens is 375 g/mol. The van der Waals surface area contributed by atoms with Gasteiger partial charge >= 0.3 is 5.97 Å². The van der Waals surface area contributed by atoms with Crippen molar-refractivity contribution in [1.82, 2.24) is 9.78 Å².